The molecule has 1 aliphatic heterocycles. The molecule has 3 heterocycles. The highest BCUT2D eigenvalue weighted by atomic mass is 19.1. The second-order valence-corrected chi connectivity index (χ2v) is 6.94. The Bertz CT molecular complexity index is 1140. The van der Waals surface area contributed by atoms with Gasteiger partial charge in [0.25, 0.3) is 0 Å². The van der Waals surface area contributed by atoms with E-state index in [0.29, 0.717) is 18.8 Å². The molecule has 5 nitrogen and oxygen atoms in total. The van der Waals surface area contributed by atoms with Crippen molar-refractivity contribution < 1.29 is 13.9 Å². The Morgan fingerprint density at radius 3 is 2.70 bits per heavy atom. The molecule has 5 rings (SSSR count). The molecule has 2 aromatic heterocycles. The van der Waals surface area contributed by atoms with Crippen molar-refractivity contribution in [3.63, 3.8) is 0 Å². The molecule has 6 heteroatoms. The molecule has 1 saturated heterocycles. The highest BCUT2D eigenvalue weighted by molar-refractivity contribution is 6.06. The molecule has 0 bridgehead atoms. The minimum atomic E-state index is -0.282. The van der Waals surface area contributed by atoms with E-state index in [1.54, 1.807) is 18.3 Å². The monoisotopic (exact) mass is 363 g/mol. The summed E-state index contributed by atoms with van der Waals surface area (Å²) in [6.45, 7) is 1.36. The van der Waals surface area contributed by atoms with Crippen molar-refractivity contribution in [2.45, 2.75) is 18.8 Å². The number of fused-ring (bicyclic) bond motifs is 2. The molecule has 4 aromatic rings. The SMILES string of the molecule is O=Cc1c(C2CCOCC2)n(-c2ccc(F)cc2)c2cc3cn[nH]c3cc12. The van der Waals surface area contributed by atoms with Crippen LogP contribution in [0.4, 0.5) is 4.39 Å². The molecule has 1 fully saturated rings. The van der Waals surface area contributed by atoms with Crippen molar-refractivity contribution in [2.24, 2.45) is 0 Å². The van der Waals surface area contributed by atoms with Crippen LogP contribution in [0, 0.1) is 5.82 Å². The third-order valence-corrected chi connectivity index (χ3v) is 5.42. The van der Waals surface area contributed by atoms with Crippen LogP contribution >= 0.6 is 0 Å². The number of hydrogen-bond donors (Lipinski definition) is 1. The van der Waals surface area contributed by atoms with Crippen molar-refractivity contribution >= 4 is 28.1 Å². The number of nitrogens with zero attached hydrogens (tertiary/aromatic N) is 2. The van der Waals surface area contributed by atoms with Crippen LogP contribution in [0.15, 0.2) is 42.6 Å². The summed E-state index contributed by atoms with van der Waals surface area (Å²) in [6, 6.07) is 10.4. The predicted molar refractivity (Wildman–Crippen MR) is 101 cm³/mol. The average Bonchev–Trinajstić information content (AvgIpc) is 3.29. The first-order valence-electron chi connectivity index (χ1n) is 9.06. The first kappa shape index (κ1) is 16.2. The third-order valence-electron chi connectivity index (χ3n) is 5.42. The Hall–Kier alpha value is -2.99. The number of carbonyl (C=O) groups is 1. The average molecular weight is 363 g/mol. The van der Waals surface area contributed by atoms with Gasteiger partial charge in [-0.1, -0.05) is 0 Å². The van der Waals surface area contributed by atoms with E-state index >= 15 is 0 Å². The highest BCUT2D eigenvalue weighted by Gasteiger charge is 2.27. The van der Waals surface area contributed by atoms with Gasteiger partial charge in [0.05, 0.1) is 17.2 Å². The largest absolute Gasteiger partial charge is 0.381 e. The maximum Gasteiger partial charge on any atom is 0.152 e. The molecular weight excluding hydrogens is 345 g/mol. The normalized spacial score (nSPS) is 15.6. The number of halogens is 1. The zero-order chi connectivity index (χ0) is 18.4. The lowest BCUT2D eigenvalue weighted by molar-refractivity contribution is 0.0838. The molecule has 0 aliphatic carbocycles. The molecule has 0 spiro atoms. The van der Waals surface area contributed by atoms with Crippen molar-refractivity contribution in [3.05, 3.63) is 59.7 Å². The zero-order valence-corrected chi connectivity index (χ0v) is 14.6. The fraction of sp³-hybridized carbons (Fsp3) is 0.238. The first-order chi connectivity index (χ1) is 13.3. The maximum atomic E-state index is 13.5. The number of carbonyl (C=O) groups excluding carboxylic acids is 1. The Morgan fingerprint density at radius 2 is 1.96 bits per heavy atom. The molecular formula is C21H18FN3O2. The van der Waals surface area contributed by atoms with Gasteiger partial charge in [0.2, 0.25) is 0 Å². The van der Waals surface area contributed by atoms with E-state index < -0.39 is 0 Å². The summed E-state index contributed by atoms with van der Waals surface area (Å²) in [7, 11) is 0. The number of aromatic amines is 1. The topological polar surface area (TPSA) is 59.9 Å². The Morgan fingerprint density at radius 1 is 1.19 bits per heavy atom. The van der Waals surface area contributed by atoms with Gasteiger partial charge >= 0.3 is 0 Å². The molecule has 0 atom stereocenters. The number of aldehydes is 1. The molecule has 1 N–H and O–H groups in total. The van der Waals surface area contributed by atoms with Crippen molar-refractivity contribution in [2.75, 3.05) is 13.2 Å². The first-order valence-corrected chi connectivity index (χ1v) is 9.06. The van der Waals surface area contributed by atoms with Gasteiger partial charge in [-0.2, -0.15) is 5.10 Å². The number of benzene rings is 2. The maximum absolute atomic E-state index is 13.5. The molecule has 0 radical (unpaired) electrons. The molecule has 0 amide bonds. The van der Waals surface area contributed by atoms with Crippen LogP contribution in [-0.2, 0) is 4.74 Å². The van der Waals surface area contributed by atoms with Crippen LogP contribution in [0.3, 0.4) is 0 Å². The van der Waals surface area contributed by atoms with Gasteiger partial charge in [-0.15, -0.1) is 0 Å². The van der Waals surface area contributed by atoms with Crippen LogP contribution in [-0.4, -0.2) is 34.3 Å². The second-order valence-electron chi connectivity index (χ2n) is 6.94. The van der Waals surface area contributed by atoms with Crippen LogP contribution in [0.1, 0.15) is 34.8 Å². The Kier molecular flexibility index (Phi) is 3.79. The number of nitrogens with one attached hydrogen (secondary N) is 1. The van der Waals surface area contributed by atoms with Gasteiger partial charge in [-0.25, -0.2) is 4.39 Å². The van der Waals surface area contributed by atoms with Gasteiger partial charge in [0.15, 0.2) is 6.29 Å². The zero-order valence-electron chi connectivity index (χ0n) is 14.6. The van der Waals surface area contributed by atoms with E-state index in [1.165, 1.54) is 12.1 Å². The summed E-state index contributed by atoms with van der Waals surface area (Å²) in [5.41, 5.74) is 4.34. The van der Waals surface area contributed by atoms with Crippen molar-refractivity contribution in [3.8, 4) is 5.69 Å². The van der Waals surface area contributed by atoms with Gasteiger partial charge in [-0.3, -0.25) is 9.89 Å². The van der Waals surface area contributed by atoms with Crippen molar-refractivity contribution in [1.29, 1.82) is 0 Å². The number of rotatable bonds is 3. The molecule has 27 heavy (non-hydrogen) atoms. The van der Waals surface area contributed by atoms with Crippen LogP contribution in [0.25, 0.3) is 27.5 Å². The molecule has 0 unspecified atom stereocenters. The van der Waals surface area contributed by atoms with Crippen LogP contribution in [0.2, 0.25) is 0 Å². The van der Waals surface area contributed by atoms with Gasteiger partial charge < -0.3 is 9.30 Å². The van der Waals surface area contributed by atoms with E-state index in [9.17, 15) is 9.18 Å². The van der Waals surface area contributed by atoms with Gasteiger partial charge in [0.1, 0.15) is 5.82 Å². The highest BCUT2D eigenvalue weighted by Crippen LogP contribution is 2.38. The van der Waals surface area contributed by atoms with E-state index in [2.05, 4.69) is 14.8 Å². The second kappa shape index (κ2) is 6.32. The van der Waals surface area contributed by atoms with Gasteiger partial charge in [0, 0.05) is 46.8 Å². The molecule has 2 aromatic carbocycles. The molecule has 136 valence electrons. The number of aromatic nitrogens is 3. The summed E-state index contributed by atoms with van der Waals surface area (Å²) >= 11 is 0. The lowest BCUT2D eigenvalue weighted by atomic mass is 9.93. The summed E-state index contributed by atoms with van der Waals surface area (Å²) in [6.07, 6.45) is 4.43. The van der Waals surface area contributed by atoms with Crippen LogP contribution in [0.5, 0.6) is 0 Å². The number of ether oxygens (including phenoxy) is 1. The summed E-state index contributed by atoms with van der Waals surface area (Å²) in [5, 5.41) is 8.92. The lowest BCUT2D eigenvalue weighted by Gasteiger charge is -2.25. The third kappa shape index (κ3) is 2.56. The minimum absolute atomic E-state index is 0.216. The van der Waals surface area contributed by atoms with E-state index in [1.807, 2.05) is 12.1 Å². The minimum Gasteiger partial charge on any atom is -0.381 e. The summed E-state index contributed by atoms with van der Waals surface area (Å²) in [5.74, 6) is -0.0662. The summed E-state index contributed by atoms with van der Waals surface area (Å²) < 4.78 is 21.1. The Balaban J connectivity index is 1.87. The standard InChI is InChI=1S/C21H18FN3O2/c22-15-1-3-16(4-2-15)25-20-9-14-11-23-24-19(14)10-17(20)18(12-26)21(25)13-5-7-27-8-6-13/h1-4,9-13H,5-8H2,(H,23,24). The van der Waals surface area contributed by atoms with E-state index in [4.69, 9.17) is 4.74 Å². The Labute approximate surface area is 154 Å². The molecule has 0 saturated carbocycles. The fourth-order valence-electron chi connectivity index (χ4n) is 4.13. The quantitative estimate of drug-likeness (QED) is 0.551. The smallest absolute Gasteiger partial charge is 0.152 e. The summed E-state index contributed by atoms with van der Waals surface area (Å²) in [4.78, 5) is 12.1. The number of H-pyrrole nitrogens is 1. The van der Waals surface area contributed by atoms with Gasteiger partial charge in [-0.05, 0) is 49.2 Å². The van der Waals surface area contributed by atoms with Crippen LogP contribution < -0.4 is 0 Å². The van der Waals surface area contributed by atoms with E-state index in [0.717, 1.165) is 52.3 Å². The fourth-order valence-corrected chi connectivity index (χ4v) is 4.13. The number of hydrogen-bond acceptors (Lipinski definition) is 3. The predicted octanol–water partition coefficient (Wildman–Crippen LogP) is 4.35. The molecule has 1 aliphatic rings. The lowest BCUT2D eigenvalue weighted by Crippen LogP contribution is -2.18. The van der Waals surface area contributed by atoms with E-state index in [-0.39, 0.29) is 11.7 Å². The van der Waals surface area contributed by atoms with Crippen molar-refractivity contribution in [1.82, 2.24) is 14.8 Å².